The number of nitrogens with one attached hydrogen (secondary N) is 1. The molecule has 0 aliphatic rings. The Kier molecular flexibility index (Phi) is 5.54. The van der Waals surface area contributed by atoms with E-state index in [-0.39, 0.29) is 24.2 Å². The van der Waals surface area contributed by atoms with E-state index < -0.39 is 0 Å². The van der Waals surface area contributed by atoms with Crippen LogP contribution >= 0.6 is 15.9 Å². The molecule has 0 aliphatic carbocycles. The number of halogens is 2. The summed E-state index contributed by atoms with van der Waals surface area (Å²) in [5.74, 6) is -0.604. The number of hydrogen-bond acceptors (Lipinski definition) is 3. The van der Waals surface area contributed by atoms with Crippen LogP contribution in [-0.4, -0.2) is 25.7 Å². The van der Waals surface area contributed by atoms with Crippen molar-refractivity contribution in [1.29, 1.82) is 0 Å². The van der Waals surface area contributed by atoms with E-state index in [9.17, 15) is 9.18 Å². The van der Waals surface area contributed by atoms with Crippen molar-refractivity contribution in [3.05, 3.63) is 28.5 Å². The summed E-state index contributed by atoms with van der Waals surface area (Å²) in [5.41, 5.74) is 6.16. The molecule has 0 saturated heterocycles. The largest absolute Gasteiger partial charge is 0.383 e. The molecular formula is C11H14BrFN2O2. The maximum absolute atomic E-state index is 13.0. The van der Waals surface area contributed by atoms with Crippen LogP contribution in [-0.2, 0) is 9.53 Å². The van der Waals surface area contributed by atoms with Gasteiger partial charge in [0.05, 0.1) is 11.1 Å². The van der Waals surface area contributed by atoms with Gasteiger partial charge in [0.25, 0.3) is 0 Å². The average Bonchev–Trinajstić information content (AvgIpc) is 2.23. The minimum absolute atomic E-state index is 0.156. The van der Waals surface area contributed by atoms with E-state index in [0.717, 1.165) is 0 Å². The van der Waals surface area contributed by atoms with Crippen molar-refractivity contribution in [1.82, 2.24) is 0 Å². The molecule has 1 atom stereocenters. The van der Waals surface area contributed by atoms with Crippen LogP contribution in [0.4, 0.5) is 10.1 Å². The Bertz CT molecular complexity index is 401. The second-order valence-corrected chi connectivity index (χ2v) is 4.45. The summed E-state index contributed by atoms with van der Waals surface area (Å²) in [4.78, 5) is 11.5. The van der Waals surface area contributed by atoms with Gasteiger partial charge in [0.2, 0.25) is 5.91 Å². The van der Waals surface area contributed by atoms with Crippen molar-refractivity contribution in [2.24, 2.45) is 5.73 Å². The Balaban J connectivity index is 2.53. The number of benzene rings is 1. The molecule has 0 aliphatic heterocycles. The van der Waals surface area contributed by atoms with Gasteiger partial charge in [-0.15, -0.1) is 0 Å². The highest BCUT2D eigenvalue weighted by atomic mass is 79.9. The van der Waals surface area contributed by atoms with E-state index in [4.69, 9.17) is 10.5 Å². The molecule has 1 aromatic carbocycles. The number of carbonyl (C=O) groups excluding carboxylic acids is 1. The summed E-state index contributed by atoms with van der Waals surface area (Å²) in [6.45, 7) is 0.320. The summed E-state index contributed by atoms with van der Waals surface area (Å²) in [6.07, 6.45) is 0.156. The number of ether oxygens (including phenoxy) is 1. The highest BCUT2D eigenvalue weighted by Gasteiger charge is 2.10. The SMILES string of the molecule is COC[C@H](N)CC(=O)Nc1ccc(F)c(Br)c1. The molecule has 17 heavy (non-hydrogen) atoms. The Hall–Kier alpha value is -0.980. The van der Waals surface area contributed by atoms with Gasteiger partial charge < -0.3 is 15.8 Å². The van der Waals surface area contributed by atoms with E-state index >= 15 is 0 Å². The minimum Gasteiger partial charge on any atom is -0.383 e. The summed E-state index contributed by atoms with van der Waals surface area (Å²) < 4.78 is 18.1. The third-order valence-corrected chi connectivity index (χ3v) is 2.64. The Morgan fingerprint density at radius 1 is 1.65 bits per heavy atom. The summed E-state index contributed by atoms with van der Waals surface area (Å²) in [5, 5.41) is 2.63. The standard InChI is InChI=1S/C11H14BrFN2O2/c1-17-6-7(14)4-11(16)15-8-2-3-10(13)9(12)5-8/h2-3,5,7H,4,6,14H2,1H3,(H,15,16)/t7-/m1/s1. The van der Waals surface area contributed by atoms with Crippen molar-refractivity contribution in [3.63, 3.8) is 0 Å². The lowest BCUT2D eigenvalue weighted by Crippen LogP contribution is -2.31. The zero-order chi connectivity index (χ0) is 12.8. The number of carbonyl (C=O) groups is 1. The zero-order valence-electron chi connectivity index (χ0n) is 9.37. The van der Waals surface area contributed by atoms with E-state index in [1.807, 2.05) is 0 Å². The van der Waals surface area contributed by atoms with Crippen molar-refractivity contribution in [3.8, 4) is 0 Å². The maximum Gasteiger partial charge on any atom is 0.226 e. The first-order chi connectivity index (χ1) is 8.02. The fourth-order valence-electron chi connectivity index (χ4n) is 1.30. The lowest BCUT2D eigenvalue weighted by atomic mass is 10.2. The predicted molar refractivity (Wildman–Crippen MR) is 67.2 cm³/mol. The minimum atomic E-state index is -0.376. The van der Waals surface area contributed by atoms with Crippen LogP contribution in [0.1, 0.15) is 6.42 Å². The van der Waals surface area contributed by atoms with Crippen LogP contribution in [0.3, 0.4) is 0 Å². The van der Waals surface area contributed by atoms with Gasteiger partial charge in [0.15, 0.2) is 0 Å². The van der Waals surface area contributed by atoms with Gasteiger partial charge in [0.1, 0.15) is 5.82 Å². The van der Waals surface area contributed by atoms with Gasteiger partial charge in [-0.1, -0.05) is 0 Å². The fourth-order valence-corrected chi connectivity index (χ4v) is 1.68. The van der Waals surface area contributed by atoms with Gasteiger partial charge in [-0.3, -0.25) is 4.79 Å². The molecule has 1 amide bonds. The highest BCUT2D eigenvalue weighted by molar-refractivity contribution is 9.10. The summed E-state index contributed by atoms with van der Waals surface area (Å²) in [6, 6.07) is 3.91. The van der Waals surface area contributed by atoms with Crippen molar-refractivity contribution < 1.29 is 13.9 Å². The first-order valence-electron chi connectivity index (χ1n) is 5.02. The third kappa shape index (κ3) is 4.80. The Labute approximate surface area is 107 Å². The molecule has 0 spiro atoms. The van der Waals surface area contributed by atoms with Crippen LogP contribution in [0.2, 0.25) is 0 Å². The fraction of sp³-hybridized carbons (Fsp3) is 0.364. The molecule has 94 valence electrons. The molecule has 0 bridgehead atoms. The first kappa shape index (κ1) is 14.1. The maximum atomic E-state index is 13.0. The topological polar surface area (TPSA) is 64.3 Å². The molecule has 0 unspecified atom stereocenters. The van der Waals surface area contributed by atoms with Gasteiger partial charge in [-0.05, 0) is 34.1 Å². The lowest BCUT2D eigenvalue weighted by molar-refractivity contribution is -0.116. The first-order valence-corrected chi connectivity index (χ1v) is 5.81. The number of nitrogens with two attached hydrogens (primary N) is 1. The zero-order valence-corrected chi connectivity index (χ0v) is 11.0. The van der Waals surface area contributed by atoms with E-state index in [1.54, 1.807) is 0 Å². The molecule has 0 saturated carbocycles. The van der Waals surface area contributed by atoms with Crippen LogP contribution < -0.4 is 11.1 Å². The monoisotopic (exact) mass is 304 g/mol. The molecule has 0 aromatic heterocycles. The normalized spacial score (nSPS) is 12.2. The van der Waals surface area contributed by atoms with Gasteiger partial charge in [-0.25, -0.2) is 4.39 Å². The van der Waals surface area contributed by atoms with Crippen LogP contribution in [0.15, 0.2) is 22.7 Å². The lowest BCUT2D eigenvalue weighted by Gasteiger charge is -2.10. The second kappa shape index (κ2) is 6.68. The number of amides is 1. The predicted octanol–water partition coefficient (Wildman–Crippen LogP) is 1.89. The number of rotatable bonds is 5. The average molecular weight is 305 g/mol. The third-order valence-electron chi connectivity index (χ3n) is 2.03. The number of anilines is 1. The smallest absolute Gasteiger partial charge is 0.226 e. The number of methoxy groups -OCH3 is 1. The Morgan fingerprint density at radius 2 is 2.35 bits per heavy atom. The summed E-state index contributed by atoms with van der Waals surface area (Å²) >= 11 is 3.04. The van der Waals surface area contributed by atoms with E-state index in [2.05, 4.69) is 21.2 Å². The number of hydrogen-bond donors (Lipinski definition) is 2. The van der Waals surface area contributed by atoms with Crippen LogP contribution in [0.5, 0.6) is 0 Å². The molecule has 0 fully saturated rings. The van der Waals surface area contributed by atoms with E-state index in [0.29, 0.717) is 16.8 Å². The molecule has 3 N–H and O–H groups in total. The van der Waals surface area contributed by atoms with E-state index in [1.165, 1.54) is 25.3 Å². The van der Waals surface area contributed by atoms with Gasteiger partial charge >= 0.3 is 0 Å². The molecule has 4 nitrogen and oxygen atoms in total. The quantitative estimate of drug-likeness (QED) is 0.873. The van der Waals surface area contributed by atoms with Gasteiger partial charge in [0, 0.05) is 25.3 Å². The molecular weight excluding hydrogens is 291 g/mol. The summed E-state index contributed by atoms with van der Waals surface area (Å²) in [7, 11) is 1.52. The van der Waals surface area contributed by atoms with Crippen molar-refractivity contribution >= 4 is 27.5 Å². The molecule has 1 aromatic rings. The molecule has 0 heterocycles. The van der Waals surface area contributed by atoms with Crippen molar-refractivity contribution in [2.45, 2.75) is 12.5 Å². The molecule has 6 heteroatoms. The second-order valence-electron chi connectivity index (χ2n) is 3.60. The Morgan fingerprint density at radius 3 is 2.94 bits per heavy atom. The molecule has 0 radical (unpaired) electrons. The van der Waals surface area contributed by atoms with Crippen molar-refractivity contribution in [2.75, 3.05) is 19.0 Å². The van der Waals surface area contributed by atoms with Crippen LogP contribution in [0.25, 0.3) is 0 Å². The molecule has 1 rings (SSSR count). The highest BCUT2D eigenvalue weighted by Crippen LogP contribution is 2.20. The van der Waals surface area contributed by atoms with Crippen LogP contribution in [0, 0.1) is 5.82 Å². The van der Waals surface area contributed by atoms with Gasteiger partial charge in [-0.2, -0.15) is 0 Å².